The third kappa shape index (κ3) is 4.31. The van der Waals surface area contributed by atoms with Crippen LogP contribution < -0.4 is 0 Å². The number of benzene rings is 1. The molecule has 0 saturated carbocycles. The molecule has 4 heteroatoms. The van der Waals surface area contributed by atoms with Crippen molar-refractivity contribution >= 4 is 9.84 Å². The van der Waals surface area contributed by atoms with E-state index in [0.717, 1.165) is 18.2 Å². The van der Waals surface area contributed by atoms with E-state index >= 15 is 0 Å². The van der Waals surface area contributed by atoms with Crippen LogP contribution in [0.3, 0.4) is 0 Å². The molecule has 0 atom stereocenters. The zero-order valence-electron chi connectivity index (χ0n) is 9.83. The van der Waals surface area contributed by atoms with E-state index in [1.807, 2.05) is 0 Å². The Morgan fingerprint density at radius 1 is 1.31 bits per heavy atom. The van der Waals surface area contributed by atoms with Crippen molar-refractivity contribution in [3.05, 3.63) is 35.1 Å². The Morgan fingerprint density at radius 3 is 2.44 bits per heavy atom. The van der Waals surface area contributed by atoms with E-state index < -0.39 is 15.7 Å². The van der Waals surface area contributed by atoms with Crippen LogP contribution in [0.4, 0.5) is 4.39 Å². The molecule has 0 aliphatic heterocycles. The zero-order valence-corrected chi connectivity index (χ0v) is 10.6. The van der Waals surface area contributed by atoms with Gasteiger partial charge in [0.25, 0.3) is 0 Å². The molecular weight excluding hydrogens is 227 g/mol. The Balaban J connectivity index is 2.99. The van der Waals surface area contributed by atoms with E-state index in [2.05, 4.69) is 13.8 Å². The largest absolute Gasteiger partial charge is 0.229 e. The molecule has 0 radical (unpaired) electrons. The second-order valence-electron chi connectivity index (χ2n) is 4.59. The predicted octanol–water partition coefficient (Wildman–Crippen LogP) is 2.57. The van der Waals surface area contributed by atoms with E-state index in [-0.39, 0.29) is 11.3 Å². The summed E-state index contributed by atoms with van der Waals surface area (Å²) in [5, 5.41) is 0. The van der Waals surface area contributed by atoms with E-state index in [1.165, 1.54) is 6.07 Å². The molecule has 0 spiro atoms. The van der Waals surface area contributed by atoms with Gasteiger partial charge in [-0.3, -0.25) is 0 Å². The highest BCUT2D eigenvalue weighted by molar-refractivity contribution is 7.89. The van der Waals surface area contributed by atoms with Crippen LogP contribution in [0.15, 0.2) is 18.2 Å². The van der Waals surface area contributed by atoms with Crippen LogP contribution in [0.5, 0.6) is 0 Å². The normalized spacial score (nSPS) is 12.1. The van der Waals surface area contributed by atoms with Gasteiger partial charge in [0.05, 0.1) is 5.75 Å². The molecule has 0 fully saturated rings. The average molecular weight is 244 g/mol. The minimum Gasteiger partial charge on any atom is -0.229 e. The molecule has 0 heterocycles. The molecular formula is C12H17FO2S. The predicted molar refractivity (Wildman–Crippen MR) is 63.5 cm³/mol. The highest BCUT2D eigenvalue weighted by Gasteiger charge is 2.10. The van der Waals surface area contributed by atoms with Gasteiger partial charge in [0, 0.05) is 11.8 Å². The molecule has 0 amide bonds. The minimum absolute atomic E-state index is 0.231. The van der Waals surface area contributed by atoms with E-state index in [4.69, 9.17) is 0 Å². The Bertz CT molecular complexity index is 464. The molecule has 0 bridgehead atoms. The zero-order chi connectivity index (χ0) is 12.3. The van der Waals surface area contributed by atoms with Crippen molar-refractivity contribution in [1.82, 2.24) is 0 Å². The average Bonchev–Trinajstić information content (AvgIpc) is 2.07. The molecule has 1 aromatic carbocycles. The van der Waals surface area contributed by atoms with Crippen LogP contribution in [-0.2, 0) is 22.0 Å². The monoisotopic (exact) mass is 244 g/mol. The standard InChI is InChI=1S/C12H17FO2S/c1-9(2)6-10-4-5-12(13)11(7-10)8-16(3,14)15/h4-5,7,9H,6,8H2,1-3H3. The second-order valence-corrected chi connectivity index (χ2v) is 6.73. The fourth-order valence-electron chi connectivity index (χ4n) is 1.62. The lowest BCUT2D eigenvalue weighted by atomic mass is 10.0. The van der Waals surface area contributed by atoms with Crippen LogP contribution in [0.25, 0.3) is 0 Å². The van der Waals surface area contributed by atoms with E-state index in [0.29, 0.717) is 5.92 Å². The highest BCUT2D eigenvalue weighted by Crippen LogP contribution is 2.16. The van der Waals surface area contributed by atoms with Gasteiger partial charge in [-0.2, -0.15) is 0 Å². The quantitative estimate of drug-likeness (QED) is 0.815. The maximum atomic E-state index is 13.4. The highest BCUT2D eigenvalue weighted by atomic mass is 32.2. The number of sulfone groups is 1. The van der Waals surface area contributed by atoms with Gasteiger partial charge in [-0.25, -0.2) is 12.8 Å². The summed E-state index contributed by atoms with van der Waals surface area (Å²) < 4.78 is 35.6. The van der Waals surface area contributed by atoms with Gasteiger partial charge in [0.15, 0.2) is 9.84 Å². The van der Waals surface area contributed by atoms with Crippen LogP contribution in [0, 0.1) is 11.7 Å². The summed E-state index contributed by atoms with van der Waals surface area (Å²) in [5.41, 5.74) is 1.25. The number of rotatable bonds is 4. The summed E-state index contributed by atoms with van der Waals surface area (Å²) in [4.78, 5) is 0. The van der Waals surface area contributed by atoms with Gasteiger partial charge in [-0.15, -0.1) is 0 Å². The molecule has 0 aliphatic rings. The first-order valence-corrected chi connectivity index (χ1v) is 7.29. The fraction of sp³-hybridized carbons (Fsp3) is 0.500. The number of halogens is 1. The van der Waals surface area contributed by atoms with Crippen LogP contribution in [0.2, 0.25) is 0 Å². The summed E-state index contributed by atoms with van der Waals surface area (Å²) in [6.45, 7) is 4.14. The first-order chi connectivity index (χ1) is 7.28. The molecule has 2 nitrogen and oxygen atoms in total. The topological polar surface area (TPSA) is 34.1 Å². The van der Waals surface area contributed by atoms with Crippen LogP contribution >= 0.6 is 0 Å². The maximum Gasteiger partial charge on any atom is 0.151 e. The molecule has 0 saturated heterocycles. The third-order valence-corrected chi connectivity index (χ3v) is 3.01. The summed E-state index contributed by atoms with van der Waals surface area (Å²) in [6.07, 6.45) is 1.94. The lowest BCUT2D eigenvalue weighted by Crippen LogP contribution is -2.04. The molecule has 1 aromatic rings. The number of hydrogen-bond donors (Lipinski definition) is 0. The molecule has 90 valence electrons. The molecule has 0 aromatic heterocycles. The second kappa shape index (κ2) is 4.95. The van der Waals surface area contributed by atoms with Crippen molar-refractivity contribution in [2.24, 2.45) is 5.92 Å². The van der Waals surface area contributed by atoms with Crippen molar-refractivity contribution in [2.75, 3.05) is 6.26 Å². The summed E-state index contributed by atoms with van der Waals surface area (Å²) in [5.74, 6) is -0.209. The van der Waals surface area contributed by atoms with Gasteiger partial charge >= 0.3 is 0 Å². The summed E-state index contributed by atoms with van der Waals surface area (Å²) >= 11 is 0. The van der Waals surface area contributed by atoms with Crippen molar-refractivity contribution in [2.45, 2.75) is 26.0 Å². The first-order valence-electron chi connectivity index (χ1n) is 5.23. The Hall–Kier alpha value is -0.900. The van der Waals surface area contributed by atoms with Crippen molar-refractivity contribution in [1.29, 1.82) is 0 Å². The smallest absolute Gasteiger partial charge is 0.151 e. The van der Waals surface area contributed by atoms with Crippen LogP contribution in [0.1, 0.15) is 25.0 Å². The molecule has 0 aliphatic carbocycles. The van der Waals surface area contributed by atoms with Gasteiger partial charge in [-0.05, 0) is 24.0 Å². The van der Waals surface area contributed by atoms with E-state index in [1.54, 1.807) is 12.1 Å². The van der Waals surface area contributed by atoms with Gasteiger partial charge in [0.2, 0.25) is 0 Å². The fourth-order valence-corrected chi connectivity index (χ4v) is 2.41. The van der Waals surface area contributed by atoms with Crippen molar-refractivity contribution < 1.29 is 12.8 Å². The third-order valence-electron chi connectivity index (χ3n) is 2.17. The SMILES string of the molecule is CC(C)Cc1ccc(F)c(CS(C)(=O)=O)c1. The Labute approximate surface area is 96.4 Å². The molecule has 0 N–H and O–H groups in total. The molecule has 0 unspecified atom stereocenters. The lowest BCUT2D eigenvalue weighted by Gasteiger charge is -2.08. The Morgan fingerprint density at radius 2 is 1.94 bits per heavy atom. The van der Waals surface area contributed by atoms with E-state index in [9.17, 15) is 12.8 Å². The maximum absolute atomic E-state index is 13.4. The number of hydrogen-bond acceptors (Lipinski definition) is 2. The van der Waals surface area contributed by atoms with Gasteiger partial charge in [0.1, 0.15) is 5.82 Å². The van der Waals surface area contributed by atoms with Crippen LogP contribution in [-0.4, -0.2) is 14.7 Å². The summed E-state index contributed by atoms with van der Waals surface area (Å²) in [6, 6.07) is 4.70. The van der Waals surface area contributed by atoms with Gasteiger partial charge < -0.3 is 0 Å². The first kappa shape index (κ1) is 13.2. The molecule has 1 rings (SSSR count). The summed E-state index contributed by atoms with van der Waals surface area (Å²) in [7, 11) is -3.18. The Kier molecular flexibility index (Phi) is 4.08. The van der Waals surface area contributed by atoms with Crippen molar-refractivity contribution in [3.8, 4) is 0 Å². The minimum atomic E-state index is -3.18. The van der Waals surface area contributed by atoms with Gasteiger partial charge in [-0.1, -0.05) is 26.0 Å². The van der Waals surface area contributed by atoms with Crippen molar-refractivity contribution in [3.63, 3.8) is 0 Å². The molecule has 16 heavy (non-hydrogen) atoms. The lowest BCUT2D eigenvalue weighted by molar-refractivity contribution is 0.590.